The average molecular weight is 356 g/mol. The normalized spacial score (nSPS) is 27.0. The maximum absolute atomic E-state index is 12.2. The zero-order valence-corrected chi connectivity index (χ0v) is 14.1. The van der Waals surface area contributed by atoms with Crippen LogP contribution in [0, 0.1) is 0 Å². The standard InChI is InChI=1S/C16H19Cl2N3O2/c17-10-6-5-9(7-11(10)18)19-15(22)8-14-16(23)21-13-4-2-1-3-12(13)20-14/h5-7,12-14,20H,1-4,8H2,(H,19,22)(H,21,23)/t12-,13+,14+/m0/s1. The van der Waals surface area contributed by atoms with E-state index < -0.39 is 6.04 Å². The summed E-state index contributed by atoms with van der Waals surface area (Å²) in [6.07, 6.45) is 4.44. The van der Waals surface area contributed by atoms with Gasteiger partial charge in [-0.2, -0.15) is 0 Å². The van der Waals surface area contributed by atoms with Crippen molar-refractivity contribution in [1.82, 2.24) is 10.6 Å². The number of benzene rings is 1. The first-order valence-corrected chi connectivity index (χ1v) is 8.60. The summed E-state index contributed by atoms with van der Waals surface area (Å²) >= 11 is 11.8. The second-order valence-electron chi connectivity index (χ2n) is 6.11. The molecule has 0 aromatic heterocycles. The largest absolute Gasteiger partial charge is 0.350 e. The van der Waals surface area contributed by atoms with E-state index in [1.165, 1.54) is 0 Å². The average Bonchev–Trinajstić information content (AvgIpc) is 2.51. The van der Waals surface area contributed by atoms with Gasteiger partial charge in [0, 0.05) is 17.8 Å². The van der Waals surface area contributed by atoms with E-state index in [1.807, 2.05) is 0 Å². The molecule has 2 amide bonds. The van der Waals surface area contributed by atoms with Crippen LogP contribution in [0.1, 0.15) is 32.1 Å². The van der Waals surface area contributed by atoms with Gasteiger partial charge in [0.15, 0.2) is 0 Å². The Morgan fingerprint density at radius 3 is 2.65 bits per heavy atom. The molecule has 7 heteroatoms. The van der Waals surface area contributed by atoms with Gasteiger partial charge in [0.25, 0.3) is 0 Å². The van der Waals surface area contributed by atoms with E-state index in [-0.39, 0.29) is 30.3 Å². The number of halogens is 2. The first-order valence-electron chi connectivity index (χ1n) is 7.84. The Morgan fingerprint density at radius 2 is 1.91 bits per heavy atom. The molecule has 1 aliphatic heterocycles. The number of nitrogens with one attached hydrogen (secondary N) is 3. The Morgan fingerprint density at radius 1 is 1.17 bits per heavy atom. The fraction of sp³-hybridized carbons (Fsp3) is 0.500. The van der Waals surface area contributed by atoms with E-state index in [9.17, 15) is 9.59 Å². The predicted molar refractivity (Wildman–Crippen MR) is 90.8 cm³/mol. The van der Waals surface area contributed by atoms with Gasteiger partial charge in [0.1, 0.15) is 0 Å². The minimum absolute atomic E-state index is 0.0926. The Balaban J connectivity index is 1.58. The highest BCUT2D eigenvalue weighted by molar-refractivity contribution is 6.42. The summed E-state index contributed by atoms with van der Waals surface area (Å²) in [5, 5.41) is 9.91. The molecule has 1 saturated heterocycles. The number of fused-ring (bicyclic) bond motifs is 1. The first-order chi connectivity index (χ1) is 11.0. The summed E-state index contributed by atoms with van der Waals surface area (Å²) in [5.74, 6) is -0.331. The van der Waals surface area contributed by atoms with Crippen LogP contribution >= 0.6 is 23.2 Å². The maximum Gasteiger partial charge on any atom is 0.237 e. The highest BCUT2D eigenvalue weighted by atomic mass is 35.5. The number of piperazine rings is 1. The van der Waals surface area contributed by atoms with Crippen LogP contribution in [0.5, 0.6) is 0 Å². The van der Waals surface area contributed by atoms with Crippen LogP contribution in [-0.2, 0) is 9.59 Å². The summed E-state index contributed by atoms with van der Waals surface area (Å²) in [6, 6.07) is 4.87. The van der Waals surface area contributed by atoms with Crippen LogP contribution in [-0.4, -0.2) is 29.9 Å². The van der Waals surface area contributed by atoms with Crippen molar-refractivity contribution in [2.75, 3.05) is 5.32 Å². The molecule has 1 aromatic carbocycles. The van der Waals surface area contributed by atoms with E-state index in [0.29, 0.717) is 15.7 Å². The third-order valence-electron chi connectivity index (χ3n) is 4.42. The molecule has 2 aliphatic rings. The quantitative estimate of drug-likeness (QED) is 0.780. The lowest BCUT2D eigenvalue weighted by Crippen LogP contribution is -2.65. The Labute approximate surface area is 145 Å². The highest BCUT2D eigenvalue weighted by Gasteiger charge is 2.36. The van der Waals surface area contributed by atoms with Crippen LogP contribution < -0.4 is 16.0 Å². The molecule has 3 N–H and O–H groups in total. The van der Waals surface area contributed by atoms with Crippen LogP contribution in [0.2, 0.25) is 10.0 Å². The lowest BCUT2D eigenvalue weighted by molar-refractivity contribution is -0.129. The van der Waals surface area contributed by atoms with Gasteiger partial charge in [-0.05, 0) is 31.0 Å². The summed E-state index contributed by atoms with van der Waals surface area (Å²) in [5.41, 5.74) is 0.566. The van der Waals surface area contributed by atoms with Crippen molar-refractivity contribution < 1.29 is 9.59 Å². The van der Waals surface area contributed by atoms with Gasteiger partial charge in [-0.15, -0.1) is 0 Å². The first kappa shape index (κ1) is 16.6. The van der Waals surface area contributed by atoms with Crippen LogP contribution in [0.25, 0.3) is 0 Å². The molecule has 2 fully saturated rings. The van der Waals surface area contributed by atoms with Crippen molar-refractivity contribution in [2.24, 2.45) is 0 Å². The molecule has 0 unspecified atom stereocenters. The summed E-state index contributed by atoms with van der Waals surface area (Å²) < 4.78 is 0. The molecular formula is C16H19Cl2N3O2. The SMILES string of the molecule is O=C(C[C@H]1N[C@H]2CCCC[C@H]2NC1=O)Nc1ccc(Cl)c(Cl)c1. The van der Waals surface area contributed by atoms with E-state index in [4.69, 9.17) is 23.2 Å². The Kier molecular flexibility index (Phi) is 5.09. The van der Waals surface area contributed by atoms with Crippen molar-refractivity contribution in [3.8, 4) is 0 Å². The maximum atomic E-state index is 12.2. The molecule has 124 valence electrons. The van der Waals surface area contributed by atoms with Crippen LogP contribution in [0.4, 0.5) is 5.69 Å². The summed E-state index contributed by atoms with van der Waals surface area (Å²) in [7, 11) is 0. The number of rotatable bonds is 3. The number of hydrogen-bond acceptors (Lipinski definition) is 3. The molecular weight excluding hydrogens is 337 g/mol. The van der Waals surface area contributed by atoms with Crippen LogP contribution in [0.15, 0.2) is 18.2 Å². The van der Waals surface area contributed by atoms with E-state index >= 15 is 0 Å². The fourth-order valence-electron chi connectivity index (χ4n) is 3.24. The number of carbonyl (C=O) groups is 2. The lowest BCUT2D eigenvalue weighted by atomic mass is 9.87. The summed E-state index contributed by atoms with van der Waals surface area (Å²) in [4.78, 5) is 24.3. The molecule has 0 bridgehead atoms. The van der Waals surface area contributed by atoms with Crippen LogP contribution in [0.3, 0.4) is 0 Å². The molecule has 5 nitrogen and oxygen atoms in total. The van der Waals surface area contributed by atoms with Crippen molar-refractivity contribution in [3.63, 3.8) is 0 Å². The minimum atomic E-state index is -0.489. The second kappa shape index (κ2) is 7.07. The van der Waals surface area contributed by atoms with Crippen molar-refractivity contribution in [3.05, 3.63) is 28.2 Å². The molecule has 1 aromatic rings. The third kappa shape index (κ3) is 3.97. The lowest BCUT2D eigenvalue weighted by Gasteiger charge is -2.40. The number of hydrogen-bond donors (Lipinski definition) is 3. The van der Waals surface area contributed by atoms with E-state index in [0.717, 1.165) is 25.7 Å². The van der Waals surface area contributed by atoms with E-state index in [2.05, 4.69) is 16.0 Å². The van der Waals surface area contributed by atoms with Gasteiger partial charge >= 0.3 is 0 Å². The van der Waals surface area contributed by atoms with Gasteiger partial charge in [-0.3, -0.25) is 9.59 Å². The number of carbonyl (C=O) groups excluding carboxylic acids is 2. The minimum Gasteiger partial charge on any atom is -0.350 e. The Hall–Kier alpha value is -1.30. The molecule has 0 radical (unpaired) electrons. The second-order valence-corrected chi connectivity index (χ2v) is 6.92. The van der Waals surface area contributed by atoms with E-state index in [1.54, 1.807) is 18.2 Å². The molecule has 3 atom stereocenters. The highest BCUT2D eigenvalue weighted by Crippen LogP contribution is 2.25. The zero-order chi connectivity index (χ0) is 16.4. The van der Waals surface area contributed by atoms with Gasteiger partial charge in [0.05, 0.1) is 22.5 Å². The molecule has 23 heavy (non-hydrogen) atoms. The molecule has 1 saturated carbocycles. The summed E-state index contributed by atoms with van der Waals surface area (Å²) in [6.45, 7) is 0. The smallest absolute Gasteiger partial charge is 0.237 e. The van der Waals surface area contributed by atoms with Crippen molar-refractivity contribution >= 4 is 40.7 Å². The third-order valence-corrected chi connectivity index (χ3v) is 5.16. The number of amides is 2. The topological polar surface area (TPSA) is 70.2 Å². The van der Waals surface area contributed by atoms with Gasteiger partial charge in [-0.1, -0.05) is 36.0 Å². The van der Waals surface area contributed by atoms with Gasteiger partial charge in [0.2, 0.25) is 11.8 Å². The van der Waals surface area contributed by atoms with Gasteiger partial charge < -0.3 is 16.0 Å². The molecule has 1 aliphatic carbocycles. The molecule has 3 rings (SSSR count). The molecule has 1 heterocycles. The number of anilines is 1. The predicted octanol–water partition coefficient (Wildman–Crippen LogP) is 2.72. The Bertz CT molecular complexity index is 623. The van der Waals surface area contributed by atoms with Gasteiger partial charge in [-0.25, -0.2) is 0 Å². The monoisotopic (exact) mass is 355 g/mol. The molecule has 0 spiro atoms. The zero-order valence-electron chi connectivity index (χ0n) is 12.6. The fourth-order valence-corrected chi connectivity index (χ4v) is 3.54. The van der Waals surface area contributed by atoms with Crippen molar-refractivity contribution in [1.29, 1.82) is 0 Å². The van der Waals surface area contributed by atoms with Crippen molar-refractivity contribution in [2.45, 2.75) is 50.2 Å².